The third-order valence-corrected chi connectivity index (χ3v) is 7.21. The molecule has 130 valence electrons. The van der Waals surface area contributed by atoms with Crippen LogP contribution in [0.2, 0.25) is 0 Å². The summed E-state index contributed by atoms with van der Waals surface area (Å²) in [7, 11) is 0. The molecule has 0 N–H and O–H groups in total. The van der Waals surface area contributed by atoms with E-state index in [-0.39, 0.29) is 16.8 Å². The molecule has 0 amide bonds. The summed E-state index contributed by atoms with van der Waals surface area (Å²) in [4.78, 5) is 23.9. The molecule has 1 saturated heterocycles. The van der Waals surface area contributed by atoms with E-state index in [2.05, 4.69) is 26.2 Å². The van der Waals surface area contributed by atoms with Crippen molar-refractivity contribution in [3.05, 3.63) is 11.6 Å². The Morgan fingerprint density at radius 1 is 1.12 bits per heavy atom. The number of fused-ring (bicyclic) bond motifs is 5. The number of cyclic esters (lactones) is 1. The minimum atomic E-state index is -0.247. The maximum absolute atomic E-state index is 12.1. The minimum absolute atomic E-state index is 0.0243. The van der Waals surface area contributed by atoms with Gasteiger partial charge in [0, 0.05) is 12.3 Å². The van der Waals surface area contributed by atoms with E-state index in [1.807, 2.05) is 6.08 Å². The van der Waals surface area contributed by atoms with Crippen molar-refractivity contribution < 1.29 is 14.3 Å². The number of rotatable bonds is 0. The predicted octanol–water partition coefficient (Wildman–Crippen LogP) is 3.92. The maximum atomic E-state index is 12.1. The topological polar surface area (TPSA) is 43.4 Å². The molecule has 5 atom stereocenters. The summed E-state index contributed by atoms with van der Waals surface area (Å²) in [6.45, 7) is 6.74. The lowest BCUT2D eigenvalue weighted by Gasteiger charge is -2.55. The zero-order valence-electron chi connectivity index (χ0n) is 15.1. The van der Waals surface area contributed by atoms with Crippen molar-refractivity contribution >= 4 is 11.8 Å². The Labute approximate surface area is 145 Å². The molecule has 4 unspecified atom stereocenters. The number of ketones is 1. The quantitative estimate of drug-likeness (QED) is 0.500. The number of ether oxygens (including phenoxy) is 1. The Balaban J connectivity index is 0.000000526. The van der Waals surface area contributed by atoms with E-state index in [1.54, 1.807) is 6.92 Å². The SMILES string of the molecule is C#CC.CC12CCC(=O)C=C1CCC1C2CC[C@]2(C)C(=O)OCC12. The summed E-state index contributed by atoms with van der Waals surface area (Å²) >= 11 is 0. The summed E-state index contributed by atoms with van der Waals surface area (Å²) < 4.78 is 5.43. The largest absolute Gasteiger partial charge is 0.465 e. The Morgan fingerprint density at radius 3 is 2.54 bits per heavy atom. The first-order chi connectivity index (χ1) is 11.4. The Hall–Kier alpha value is -1.56. The molecule has 1 heterocycles. The van der Waals surface area contributed by atoms with Crippen molar-refractivity contribution in [2.45, 2.75) is 59.3 Å². The summed E-state index contributed by atoms with van der Waals surface area (Å²) in [5, 5.41) is 0. The molecule has 24 heavy (non-hydrogen) atoms. The monoisotopic (exact) mass is 328 g/mol. The Kier molecular flexibility index (Phi) is 4.36. The minimum Gasteiger partial charge on any atom is -0.465 e. The fourth-order valence-corrected chi connectivity index (χ4v) is 5.77. The van der Waals surface area contributed by atoms with Crippen molar-refractivity contribution in [2.75, 3.05) is 6.61 Å². The lowest BCUT2D eigenvalue weighted by Crippen LogP contribution is -2.51. The molecule has 0 aromatic rings. The highest BCUT2D eigenvalue weighted by Crippen LogP contribution is 2.62. The molecule has 4 aliphatic rings. The average molecular weight is 328 g/mol. The molecule has 3 aliphatic carbocycles. The van der Waals surface area contributed by atoms with Crippen molar-refractivity contribution in [2.24, 2.45) is 28.6 Å². The fourth-order valence-electron chi connectivity index (χ4n) is 5.77. The summed E-state index contributed by atoms with van der Waals surface area (Å²) in [6.07, 6.45) is 12.4. The molecular weight excluding hydrogens is 300 g/mol. The van der Waals surface area contributed by atoms with Crippen molar-refractivity contribution in [3.63, 3.8) is 0 Å². The second-order valence-electron chi connectivity index (χ2n) is 8.31. The van der Waals surface area contributed by atoms with Crippen molar-refractivity contribution in [3.8, 4) is 12.3 Å². The molecule has 0 radical (unpaired) electrons. The van der Waals surface area contributed by atoms with Gasteiger partial charge in [0.2, 0.25) is 0 Å². The lowest BCUT2D eigenvalue weighted by molar-refractivity contribution is -0.148. The van der Waals surface area contributed by atoms with Gasteiger partial charge in [0.05, 0.1) is 12.0 Å². The molecular formula is C21H28O3. The molecule has 0 spiro atoms. The van der Waals surface area contributed by atoms with Gasteiger partial charge in [-0.1, -0.05) is 12.5 Å². The van der Waals surface area contributed by atoms with E-state index in [1.165, 1.54) is 5.57 Å². The highest BCUT2D eigenvalue weighted by Gasteiger charge is 2.60. The number of allylic oxidation sites excluding steroid dienone is 2. The van der Waals surface area contributed by atoms with E-state index in [4.69, 9.17) is 4.74 Å². The molecule has 0 aromatic heterocycles. The van der Waals surface area contributed by atoms with Gasteiger partial charge in [-0.25, -0.2) is 0 Å². The van der Waals surface area contributed by atoms with Crippen LogP contribution in [0.3, 0.4) is 0 Å². The number of hydrogen-bond acceptors (Lipinski definition) is 3. The van der Waals surface area contributed by atoms with E-state index < -0.39 is 0 Å². The van der Waals surface area contributed by atoms with Crippen LogP contribution < -0.4 is 0 Å². The first-order valence-electron chi connectivity index (χ1n) is 9.15. The number of carbonyl (C=O) groups is 2. The van der Waals surface area contributed by atoms with Crippen LogP contribution in [-0.2, 0) is 14.3 Å². The molecule has 0 aromatic carbocycles. The summed E-state index contributed by atoms with van der Waals surface area (Å²) in [6, 6.07) is 0. The molecule has 2 saturated carbocycles. The van der Waals surface area contributed by atoms with Crippen LogP contribution in [0.4, 0.5) is 0 Å². The van der Waals surface area contributed by atoms with Crippen LogP contribution in [0.15, 0.2) is 11.6 Å². The van der Waals surface area contributed by atoms with E-state index in [9.17, 15) is 9.59 Å². The van der Waals surface area contributed by atoms with E-state index in [0.29, 0.717) is 36.6 Å². The van der Waals surface area contributed by atoms with Crippen molar-refractivity contribution in [1.29, 1.82) is 0 Å². The number of terminal acetylenes is 1. The summed E-state index contributed by atoms with van der Waals surface area (Å²) in [5.74, 6) is 4.18. The van der Waals surface area contributed by atoms with Crippen LogP contribution >= 0.6 is 0 Å². The van der Waals surface area contributed by atoms with E-state index >= 15 is 0 Å². The zero-order chi connectivity index (χ0) is 17.5. The van der Waals surface area contributed by atoms with Gasteiger partial charge < -0.3 is 4.74 Å². The van der Waals surface area contributed by atoms with Crippen LogP contribution in [-0.4, -0.2) is 18.4 Å². The third kappa shape index (κ3) is 2.42. The molecule has 3 heteroatoms. The second kappa shape index (κ2) is 6.06. The third-order valence-electron chi connectivity index (χ3n) is 7.21. The first kappa shape index (κ1) is 17.3. The molecule has 3 fully saturated rings. The van der Waals surface area contributed by atoms with Crippen LogP contribution in [0.25, 0.3) is 0 Å². The van der Waals surface area contributed by atoms with Gasteiger partial charge in [-0.3, -0.25) is 9.59 Å². The van der Waals surface area contributed by atoms with Gasteiger partial charge in [-0.15, -0.1) is 12.3 Å². The van der Waals surface area contributed by atoms with Crippen molar-refractivity contribution in [1.82, 2.24) is 0 Å². The van der Waals surface area contributed by atoms with Crippen LogP contribution in [0.1, 0.15) is 59.3 Å². The highest BCUT2D eigenvalue weighted by atomic mass is 16.5. The summed E-state index contributed by atoms with van der Waals surface area (Å²) in [5.41, 5.74) is 1.32. The molecule has 1 aliphatic heterocycles. The standard InChI is InChI=1S/C18H24O3.C3H4/c1-17-7-5-12(19)9-11(17)3-4-13-14(17)6-8-18(2)15(13)10-21-16(18)20;1-3-2/h9,13-15H,3-8,10H2,1-2H3;1H,2H3/t13?,14?,15?,17?,18-;/m0./s1. The predicted molar refractivity (Wildman–Crippen MR) is 92.9 cm³/mol. The van der Waals surface area contributed by atoms with Crippen LogP contribution in [0.5, 0.6) is 0 Å². The van der Waals surface area contributed by atoms with Gasteiger partial charge in [0.15, 0.2) is 5.78 Å². The normalized spacial score (nSPS) is 43.1. The zero-order valence-corrected chi connectivity index (χ0v) is 15.1. The first-order valence-corrected chi connectivity index (χ1v) is 9.15. The average Bonchev–Trinajstić information content (AvgIpc) is 2.84. The second-order valence-corrected chi connectivity index (χ2v) is 8.31. The smallest absolute Gasteiger partial charge is 0.312 e. The lowest BCUT2D eigenvalue weighted by atomic mass is 9.47. The molecule has 0 bridgehead atoms. The Bertz CT molecular complexity index is 625. The van der Waals surface area contributed by atoms with Gasteiger partial charge in [-0.2, -0.15) is 0 Å². The molecule has 3 nitrogen and oxygen atoms in total. The Morgan fingerprint density at radius 2 is 1.83 bits per heavy atom. The number of esters is 1. The fraction of sp³-hybridized carbons (Fsp3) is 0.714. The van der Waals surface area contributed by atoms with Gasteiger partial charge in [0.25, 0.3) is 0 Å². The van der Waals surface area contributed by atoms with Crippen LogP contribution in [0, 0.1) is 40.9 Å². The highest BCUT2D eigenvalue weighted by molar-refractivity contribution is 5.91. The van der Waals surface area contributed by atoms with Gasteiger partial charge >= 0.3 is 5.97 Å². The maximum Gasteiger partial charge on any atom is 0.312 e. The van der Waals surface area contributed by atoms with Gasteiger partial charge in [-0.05, 0) is 69.3 Å². The van der Waals surface area contributed by atoms with Gasteiger partial charge in [0.1, 0.15) is 0 Å². The molecule has 4 rings (SSSR count). The van der Waals surface area contributed by atoms with E-state index in [0.717, 1.165) is 32.1 Å². The number of hydrogen-bond donors (Lipinski definition) is 0. The number of carbonyl (C=O) groups excluding carboxylic acids is 2.